The van der Waals surface area contributed by atoms with Gasteiger partial charge >= 0.3 is 0 Å². The number of aliphatic hydroxyl groups is 3. The maximum Gasteiger partial charge on any atom is 0.184 e. The third-order valence-electron chi connectivity index (χ3n) is 1.81. The van der Waals surface area contributed by atoms with Crippen LogP contribution in [0.25, 0.3) is 0 Å². The van der Waals surface area contributed by atoms with Crippen molar-refractivity contribution in [3.63, 3.8) is 0 Å². The van der Waals surface area contributed by atoms with Gasteiger partial charge in [0.05, 0.1) is 6.04 Å². The predicted molar refractivity (Wildman–Crippen MR) is 36.9 cm³/mol. The van der Waals surface area contributed by atoms with Crippen LogP contribution in [0.15, 0.2) is 0 Å². The van der Waals surface area contributed by atoms with E-state index in [-0.39, 0.29) is 0 Å². The SMILES string of the molecule is NC(C=O)C1OC(O)C(O)C1O. The number of carbonyl (C=O) groups excluding carboxylic acids is 1. The van der Waals surface area contributed by atoms with E-state index < -0.39 is 30.6 Å². The second kappa shape index (κ2) is 3.46. The van der Waals surface area contributed by atoms with E-state index in [4.69, 9.17) is 21.1 Å². The summed E-state index contributed by atoms with van der Waals surface area (Å²) in [6.45, 7) is 0. The first-order valence-electron chi connectivity index (χ1n) is 3.48. The van der Waals surface area contributed by atoms with E-state index >= 15 is 0 Å². The van der Waals surface area contributed by atoms with Crippen molar-refractivity contribution in [2.75, 3.05) is 0 Å². The highest BCUT2D eigenvalue weighted by Gasteiger charge is 2.44. The summed E-state index contributed by atoms with van der Waals surface area (Å²) < 4.78 is 4.64. The van der Waals surface area contributed by atoms with Crippen LogP contribution in [0.1, 0.15) is 0 Å². The van der Waals surface area contributed by atoms with Crippen molar-refractivity contribution in [1.29, 1.82) is 0 Å². The van der Waals surface area contributed by atoms with E-state index in [9.17, 15) is 4.79 Å². The molecule has 0 aromatic heterocycles. The molecule has 0 saturated carbocycles. The van der Waals surface area contributed by atoms with Crippen molar-refractivity contribution in [3.8, 4) is 0 Å². The first kappa shape index (κ1) is 9.56. The van der Waals surface area contributed by atoms with E-state index in [1.807, 2.05) is 0 Å². The van der Waals surface area contributed by atoms with Crippen LogP contribution in [-0.4, -0.2) is 52.2 Å². The van der Waals surface area contributed by atoms with Crippen molar-refractivity contribution >= 4 is 6.29 Å². The van der Waals surface area contributed by atoms with Gasteiger partial charge in [0.25, 0.3) is 0 Å². The summed E-state index contributed by atoms with van der Waals surface area (Å²) in [5, 5.41) is 27.0. The number of aldehydes is 1. The third-order valence-corrected chi connectivity index (χ3v) is 1.81. The molecule has 5 unspecified atom stereocenters. The molecule has 1 saturated heterocycles. The summed E-state index contributed by atoms with van der Waals surface area (Å²) in [7, 11) is 0. The summed E-state index contributed by atoms with van der Waals surface area (Å²) in [5.41, 5.74) is 5.22. The van der Waals surface area contributed by atoms with Gasteiger partial charge in [0.2, 0.25) is 0 Å². The summed E-state index contributed by atoms with van der Waals surface area (Å²) in [6.07, 6.45) is -4.84. The molecule has 0 aromatic carbocycles. The van der Waals surface area contributed by atoms with Gasteiger partial charge in [-0.05, 0) is 0 Å². The smallest absolute Gasteiger partial charge is 0.184 e. The minimum absolute atomic E-state index is 0.388. The van der Waals surface area contributed by atoms with Crippen LogP contribution in [0, 0.1) is 0 Å². The molecule has 1 heterocycles. The lowest BCUT2D eigenvalue weighted by molar-refractivity contribution is -0.134. The Balaban J connectivity index is 2.63. The minimum Gasteiger partial charge on any atom is -0.387 e. The normalized spacial score (nSPS) is 44.3. The average Bonchev–Trinajstić information content (AvgIpc) is 2.32. The average molecular weight is 177 g/mol. The Bertz CT molecular complexity index is 175. The molecular weight excluding hydrogens is 166 g/mol. The Morgan fingerprint density at radius 2 is 1.92 bits per heavy atom. The van der Waals surface area contributed by atoms with Crippen molar-refractivity contribution in [3.05, 3.63) is 0 Å². The zero-order valence-corrected chi connectivity index (χ0v) is 6.20. The van der Waals surface area contributed by atoms with Gasteiger partial charge in [0.1, 0.15) is 24.6 Å². The molecule has 0 radical (unpaired) electrons. The van der Waals surface area contributed by atoms with E-state index in [0.29, 0.717) is 6.29 Å². The van der Waals surface area contributed by atoms with Crippen LogP contribution < -0.4 is 5.73 Å². The van der Waals surface area contributed by atoms with Crippen molar-refractivity contribution in [2.45, 2.75) is 30.6 Å². The monoisotopic (exact) mass is 177 g/mol. The van der Waals surface area contributed by atoms with E-state index in [1.165, 1.54) is 0 Å². The van der Waals surface area contributed by atoms with Gasteiger partial charge in [-0.1, -0.05) is 0 Å². The van der Waals surface area contributed by atoms with Gasteiger partial charge in [-0.2, -0.15) is 0 Å². The van der Waals surface area contributed by atoms with Crippen molar-refractivity contribution < 1.29 is 24.9 Å². The molecule has 0 spiro atoms. The van der Waals surface area contributed by atoms with Gasteiger partial charge in [0.15, 0.2) is 6.29 Å². The van der Waals surface area contributed by atoms with Gasteiger partial charge in [-0.25, -0.2) is 0 Å². The highest BCUT2D eigenvalue weighted by atomic mass is 16.6. The molecule has 1 rings (SSSR count). The molecule has 0 amide bonds. The Hall–Kier alpha value is -0.530. The highest BCUT2D eigenvalue weighted by molar-refractivity contribution is 5.58. The van der Waals surface area contributed by atoms with Gasteiger partial charge in [0, 0.05) is 0 Å². The first-order valence-corrected chi connectivity index (χ1v) is 3.48. The van der Waals surface area contributed by atoms with Crippen LogP contribution in [-0.2, 0) is 9.53 Å². The fourth-order valence-corrected chi connectivity index (χ4v) is 1.08. The fourth-order valence-electron chi connectivity index (χ4n) is 1.08. The lowest BCUT2D eigenvalue weighted by Gasteiger charge is -2.16. The number of rotatable bonds is 2. The van der Waals surface area contributed by atoms with E-state index in [0.717, 1.165) is 0 Å². The Labute approximate surface area is 68.6 Å². The number of aliphatic hydroxyl groups excluding tert-OH is 3. The summed E-state index contributed by atoms with van der Waals surface area (Å²) in [5.74, 6) is 0. The van der Waals surface area contributed by atoms with Gasteiger partial charge in [-0.15, -0.1) is 0 Å². The minimum atomic E-state index is -1.48. The molecule has 0 aliphatic carbocycles. The molecule has 12 heavy (non-hydrogen) atoms. The Morgan fingerprint density at radius 1 is 1.33 bits per heavy atom. The van der Waals surface area contributed by atoms with Crippen LogP contribution in [0.2, 0.25) is 0 Å². The van der Waals surface area contributed by atoms with Crippen molar-refractivity contribution in [1.82, 2.24) is 0 Å². The lowest BCUT2D eigenvalue weighted by Crippen LogP contribution is -2.44. The maximum atomic E-state index is 10.2. The molecule has 1 aliphatic heterocycles. The molecule has 5 atom stereocenters. The molecular formula is C6H11NO5. The quantitative estimate of drug-likeness (QED) is 0.333. The lowest BCUT2D eigenvalue weighted by atomic mass is 10.1. The highest BCUT2D eigenvalue weighted by Crippen LogP contribution is 2.20. The van der Waals surface area contributed by atoms with Gasteiger partial charge < -0.3 is 30.6 Å². The molecule has 70 valence electrons. The Kier molecular flexibility index (Phi) is 2.76. The molecule has 6 heteroatoms. The van der Waals surface area contributed by atoms with Crippen LogP contribution in [0.3, 0.4) is 0 Å². The zero-order valence-electron chi connectivity index (χ0n) is 6.20. The molecule has 1 fully saturated rings. The summed E-state index contributed by atoms with van der Waals surface area (Å²) in [4.78, 5) is 10.2. The van der Waals surface area contributed by atoms with Crippen LogP contribution in [0.4, 0.5) is 0 Å². The Morgan fingerprint density at radius 3 is 2.25 bits per heavy atom. The number of hydrogen-bond acceptors (Lipinski definition) is 6. The number of hydrogen-bond donors (Lipinski definition) is 4. The second-order valence-corrected chi connectivity index (χ2v) is 2.69. The topological polar surface area (TPSA) is 113 Å². The molecule has 5 N–H and O–H groups in total. The molecule has 0 aromatic rings. The fraction of sp³-hybridized carbons (Fsp3) is 0.833. The molecule has 6 nitrogen and oxygen atoms in total. The standard InChI is InChI=1S/C6H11NO5/c7-2(1-8)5-3(9)4(10)6(11)12-5/h1-6,9-11H,7H2. The van der Waals surface area contributed by atoms with Gasteiger partial charge in [-0.3, -0.25) is 0 Å². The van der Waals surface area contributed by atoms with Crippen molar-refractivity contribution in [2.24, 2.45) is 5.73 Å². The predicted octanol–water partition coefficient (Wildman–Crippen LogP) is -3.05. The number of ether oxygens (including phenoxy) is 1. The second-order valence-electron chi connectivity index (χ2n) is 2.69. The van der Waals surface area contributed by atoms with Crippen LogP contribution >= 0.6 is 0 Å². The zero-order chi connectivity index (χ0) is 9.30. The number of carbonyl (C=O) groups is 1. The van der Waals surface area contributed by atoms with Crippen LogP contribution in [0.5, 0.6) is 0 Å². The summed E-state index contributed by atoms with van der Waals surface area (Å²) in [6, 6.07) is -1.04. The number of nitrogens with two attached hydrogens (primary N) is 1. The molecule has 1 aliphatic rings. The largest absolute Gasteiger partial charge is 0.387 e. The molecule has 0 bridgehead atoms. The first-order chi connectivity index (χ1) is 5.57. The third kappa shape index (κ3) is 1.47. The van der Waals surface area contributed by atoms with E-state index in [2.05, 4.69) is 4.74 Å². The van der Waals surface area contributed by atoms with E-state index in [1.54, 1.807) is 0 Å². The summed E-state index contributed by atoms with van der Waals surface area (Å²) >= 11 is 0. The maximum absolute atomic E-state index is 10.2.